The molecule has 32 heavy (non-hydrogen) atoms. The highest BCUT2D eigenvalue weighted by atomic mass is 16.5. The van der Waals surface area contributed by atoms with E-state index in [0.29, 0.717) is 13.0 Å². The lowest BCUT2D eigenvalue weighted by atomic mass is 10.0. The predicted molar refractivity (Wildman–Crippen MR) is 129 cm³/mol. The summed E-state index contributed by atoms with van der Waals surface area (Å²) in [5.41, 5.74) is 4.66. The third-order valence-corrected chi connectivity index (χ3v) is 6.38. The number of β-amino-alcohol motifs (C(OH)–C–C–N with tert-alkyl or cyclic N) is 1. The first-order valence-electron chi connectivity index (χ1n) is 11.9. The lowest BCUT2D eigenvalue weighted by Gasteiger charge is -2.37. The molecule has 4 rings (SSSR count). The average molecular weight is 438 g/mol. The highest BCUT2D eigenvalue weighted by Gasteiger charge is 2.20. The molecule has 6 nitrogen and oxygen atoms in total. The molecule has 172 valence electrons. The number of rotatable bonds is 9. The van der Waals surface area contributed by atoms with E-state index in [-0.39, 0.29) is 12.5 Å². The zero-order valence-corrected chi connectivity index (χ0v) is 19.1. The Bertz CT molecular complexity index is 892. The first-order valence-corrected chi connectivity index (χ1v) is 11.9. The first-order chi connectivity index (χ1) is 15.6. The largest absolute Gasteiger partial charge is 0.491 e. The van der Waals surface area contributed by atoms with Gasteiger partial charge in [-0.2, -0.15) is 0 Å². The number of aryl methyl sites for hydroxylation is 2. The number of aliphatic hydroxyl groups is 1. The van der Waals surface area contributed by atoms with Gasteiger partial charge in [-0.3, -0.25) is 9.69 Å². The minimum Gasteiger partial charge on any atom is -0.491 e. The number of nitrogens with zero attached hydrogens (tertiary/aromatic N) is 2. The number of piperazine rings is 1. The Labute approximate surface area is 191 Å². The molecule has 1 atom stereocenters. The number of amides is 1. The fourth-order valence-corrected chi connectivity index (χ4v) is 4.44. The van der Waals surface area contributed by atoms with Crippen molar-refractivity contribution in [2.24, 2.45) is 0 Å². The molecule has 0 saturated carbocycles. The van der Waals surface area contributed by atoms with Crippen molar-refractivity contribution >= 4 is 17.3 Å². The molecular weight excluding hydrogens is 402 g/mol. The predicted octanol–water partition coefficient (Wildman–Crippen LogP) is 3.48. The van der Waals surface area contributed by atoms with Crippen molar-refractivity contribution in [3.05, 3.63) is 53.6 Å². The fourth-order valence-electron chi connectivity index (χ4n) is 4.44. The van der Waals surface area contributed by atoms with Crippen molar-refractivity contribution in [3.8, 4) is 5.75 Å². The number of unbranched alkanes of at least 4 members (excludes halogenated alkanes) is 1. The molecule has 2 aliphatic heterocycles. The van der Waals surface area contributed by atoms with Crippen LogP contribution in [0.15, 0.2) is 42.5 Å². The van der Waals surface area contributed by atoms with Gasteiger partial charge in [0, 0.05) is 50.5 Å². The molecular formula is C26H35N3O3. The smallest absolute Gasteiger partial charge is 0.224 e. The van der Waals surface area contributed by atoms with Crippen molar-refractivity contribution in [1.82, 2.24) is 4.90 Å². The van der Waals surface area contributed by atoms with Crippen LogP contribution in [-0.4, -0.2) is 61.3 Å². The van der Waals surface area contributed by atoms with Crippen LogP contribution in [0.3, 0.4) is 0 Å². The lowest BCUT2D eigenvalue weighted by molar-refractivity contribution is -0.116. The molecule has 0 spiro atoms. The van der Waals surface area contributed by atoms with Gasteiger partial charge in [0.2, 0.25) is 5.91 Å². The Balaban J connectivity index is 1.19. The second-order valence-corrected chi connectivity index (χ2v) is 8.89. The standard InChI is InChI=1S/C26H35N3O3/c1-2-3-4-20-5-8-22(9-6-20)29-15-13-28(14-16-29)18-23(30)19-32-24-10-11-25-21(17-24)7-12-26(31)27-25/h5-6,8-11,17,23,30H,2-4,7,12-16,18-19H2,1H3,(H,27,31)/t23-/m0/s1. The first kappa shape index (κ1) is 22.6. The van der Waals surface area contributed by atoms with Gasteiger partial charge < -0.3 is 20.1 Å². The molecule has 0 aliphatic carbocycles. The molecule has 2 heterocycles. The molecule has 2 N–H and O–H groups in total. The van der Waals surface area contributed by atoms with Crippen LogP contribution >= 0.6 is 0 Å². The summed E-state index contributed by atoms with van der Waals surface area (Å²) in [6.45, 7) is 6.93. The van der Waals surface area contributed by atoms with E-state index in [1.807, 2.05) is 18.2 Å². The van der Waals surface area contributed by atoms with Crippen LogP contribution in [0.4, 0.5) is 11.4 Å². The van der Waals surface area contributed by atoms with Gasteiger partial charge in [0.25, 0.3) is 0 Å². The van der Waals surface area contributed by atoms with Crippen molar-refractivity contribution in [2.75, 3.05) is 49.5 Å². The van der Waals surface area contributed by atoms with Crippen molar-refractivity contribution in [2.45, 2.75) is 45.1 Å². The number of carbonyl (C=O) groups is 1. The van der Waals surface area contributed by atoms with Crippen LogP contribution in [-0.2, 0) is 17.6 Å². The number of fused-ring (bicyclic) bond motifs is 1. The second kappa shape index (κ2) is 10.8. The molecule has 0 unspecified atom stereocenters. The Morgan fingerprint density at radius 1 is 1.06 bits per heavy atom. The minimum absolute atomic E-state index is 0.0608. The molecule has 2 aliphatic rings. The summed E-state index contributed by atoms with van der Waals surface area (Å²) < 4.78 is 5.83. The minimum atomic E-state index is -0.532. The summed E-state index contributed by atoms with van der Waals surface area (Å²) >= 11 is 0. The SMILES string of the molecule is CCCCc1ccc(N2CCN(C[C@H](O)COc3ccc4c(c3)CCC(=O)N4)CC2)cc1. The summed E-state index contributed by atoms with van der Waals surface area (Å²) in [4.78, 5) is 16.2. The zero-order chi connectivity index (χ0) is 22.3. The topological polar surface area (TPSA) is 65.0 Å². The molecule has 2 aromatic carbocycles. The monoisotopic (exact) mass is 437 g/mol. The van der Waals surface area contributed by atoms with E-state index in [0.717, 1.165) is 56.0 Å². The molecule has 0 bridgehead atoms. The number of ether oxygens (including phenoxy) is 1. The van der Waals surface area contributed by atoms with Gasteiger partial charge in [-0.05, 0) is 60.7 Å². The maximum Gasteiger partial charge on any atom is 0.224 e. The van der Waals surface area contributed by atoms with Crippen LogP contribution in [0, 0.1) is 0 Å². The summed E-state index contributed by atoms with van der Waals surface area (Å²) in [7, 11) is 0. The maximum atomic E-state index is 11.5. The molecule has 2 aromatic rings. The maximum absolute atomic E-state index is 11.5. The van der Waals surface area contributed by atoms with E-state index in [1.165, 1.54) is 24.1 Å². The number of benzene rings is 2. The second-order valence-electron chi connectivity index (χ2n) is 8.89. The Hall–Kier alpha value is -2.57. The number of anilines is 2. The van der Waals surface area contributed by atoms with E-state index in [4.69, 9.17) is 4.74 Å². The number of nitrogens with one attached hydrogen (secondary N) is 1. The number of hydrogen-bond donors (Lipinski definition) is 2. The fraction of sp³-hybridized carbons (Fsp3) is 0.500. The Morgan fingerprint density at radius 2 is 1.84 bits per heavy atom. The van der Waals surface area contributed by atoms with Gasteiger partial charge in [-0.15, -0.1) is 0 Å². The third kappa shape index (κ3) is 6.02. The van der Waals surface area contributed by atoms with E-state index < -0.39 is 6.10 Å². The number of carbonyl (C=O) groups excluding carboxylic acids is 1. The van der Waals surface area contributed by atoms with Crippen molar-refractivity contribution in [3.63, 3.8) is 0 Å². The quantitative estimate of drug-likeness (QED) is 0.629. The van der Waals surface area contributed by atoms with Crippen LogP contribution in [0.1, 0.15) is 37.3 Å². The molecule has 0 aromatic heterocycles. The van der Waals surface area contributed by atoms with E-state index in [1.54, 1.807) is 0 Å². The Morgan fingerprint density at radius 3 is 2.59 bits per heavy atom. The third-order valence-electron chi connectivity index (χ3n) is 6.38. The molecule has 6 heteroatoms. The molecule has 1 fully saturated rings. The van der Waals surface area contributed by atoms with E-state index in [9.17, 15) is 9.90 Å². The summed E-state index contributed by atoms with van der Waals surface area (Å²) in [5.74, 6) is 0.803. The van der Waals surface area contributed by atoms with E-state index >= 15 is 0 Å². The number of hydrogen-bond acceptors (Lipinski definition) is 5. The summed E-state index contributed by atoms with van der Waals surface area (Å²) in [5, 5.41) is 13.4. The highest BCUT2D eigenvalue weighted by Crippen LogP contribution is 2.27. The molecule has 1 saturated heterocycles. The van der Waals surface area contributed by atoms with Gasteiger partial charge >= 0.3 is 0 Å². The van der Waals surface area contributed by atoms with E-state index in [2.05, 4.69) is 46.3 Å². The lowest BCUT2D eigenvalue weighted by Crippen LogP contribution is -2.49. The number of aliphatic hydroxyl groups excluding tert-OH is 1. The Kier molecular flexibility index (Phi) is 7.66. The van der Waals surface area contributed by atoms with Crippen molar-refractivity contribution in [1.29, 1.82) is 0 Å². The van der Waals surface area contributed by atoms with Gasteiger partial charge in [0.1, 0.15) is 18.5 Å². The highest BCUT2D eigenvalue weighted by molar-refractivity contribution is 5.94. The van der Waals surface area contributed by atoms with Crippen LogP contribution in [0.25, 0.3) is 0 Å². The summed E-state index contributed by atoms with van der Waals surface area (Å²) in [6.07, 6.45) is 4.34. The van der Waals surface area contributed by atoms with Gasteiger partial charge in [0.15, 0.2) is 0 Å². The average Bonchev–Trinajstić information content (AvgIpc) is 2.82. The summed E-state index contributed by atoms with van der Waals surface area (Å²) in [6, 6.07) is 14.7. The normalized spacial score (nSPS) is 17.6. The van der Waals surface area contributed by atoms with Crippen LogP contribution in [0.5, 0.6) is 5.75 Å². The van der Waals surface area contributed by atoms with Crippen LogP contribution < -0.4 is 15.0 Å². The zero-order valence-electron chi connectivity index (χ0n) is 19.1. The molecule has 1 amide bonds. The van der Waals surface area contributed by atoms with Crippen molar-refractivity contribution < 1.29 is 14.6 Å². The molecule has 0 radical (unpaired) electrons. The van der Waals surface area contributed by atoms with Crippen LogP contribution in [0.2, 0.25) is 0 Å². The van der Waals surface area contributed by atoms with Gasteiger partial charge in [-0.1, -0.05) is 25.5 Å². The van der Waals surface area contributed by atoms with Gasteiger partial charge in [-0.25, -0.2) is 0 Å². The van der Waals surface area contributed by atoms with Gasteiger partial charge in [0.05, 0.1) is 0 Å².